The number of hydrogen-bond donors (Lipinski definition) is 1. The Bertz CT molecular complexity index is 1270. The monoisotopic (exact) mass is 472 g/mol. The highest BCUT2D eigenvalue weighted by molar-refractivity contribution is 7.89. The van der Waals surface area contributed by atoms with E-state index in [1.807, 2.05) is 0 Å². The largest absolute Gasteiger partial charge is 0.495 e. The summed E-state index contributed by atoms with van der Waals surface area (Å²) in [5, 5.41) is 6.98. The smallest absolute Gasteiger partial charge is 0.259 e. The molecule has 0 unspecified atom stereocenters. The molecule has 1 aliphatic rings. The maximum atomic E-state index is 13.2. The Hall–Kier alpha value is -3.24. The molecular formula is C23H25FN4O4S. The van der Waals surface area contributed by atoms with E-state index in [9.17, 15) is 17.6 Å². The second kappa shape index (κ2) is 9.32. The molecule has 4 rings (SSSR count). The number of benzene rings is 2. The fraction of sp³-hybridized carbons (Fsp3) is 0.304. The van der Waals surface area contributed by atoms with Gasteiger partial charge < -0.3 is 10.1 Å². The van der Waals surface area contributed by atoms with Crippen molar-refractivity contribution >= 4 is 21.6 Å². The summed E-state index contributed by atoms with van der Waals surface area (Å²) in [5.41, 5.74) is 1.82. The normalized spacial score (nSPS) is 14.8. The molecule has 3 aromatic rings. The average Bonchev–Trinajstić information content (AvgIpc) is 3.21. The molecule has 1 fully saturated rings. The van der Waals surface area contributed by atoms with Gasteiger partial charge in [0.15, 0.2) is 0 Å². The number of nitrogens with zero attached hydrogens (tertiary/aromatic N) is 3. The molecule has 33 heavy (non-hydrogen) atoms. The van der Waals surface area contributed by atoms with Crippen molar-refractivity contribution in [2.75, 3.05) is 25.5 Å². The molecule has 1 saturated heterocycles. The molecule has 0 radical (unpaired) electrons. The Kier molecular flexibility index (Phi) is 6.48. The second-order valence-corrected chi connectivity index (χ2v) is 9.72. The minimum absolute atomic E-state index is 0.0171. The summed E-state index contributed by atoms with van der Waals surface area (Å²) in [6, 6.07) is 10.3. The molecular weight excluding hydrogens is 447 g/mol. The van der Waals surface area contributed by atoms with Crippen LogP contribution in [0.1, 0.15) is 35.3 Å². The van der Waals surface area contributed by atoms with Crippen molar-refractivity contribution in [2.24, 2.45) is 0 Å². The first kappa shape index (κ1) is 22.9. The summed E-state index contributed by atoms with van der Waals surface area (Å²) in [5.74, 6) is -0.581. The third-order valence-electron chi connectivity index (χ3n) is 5.68. The number of ether oxygens (including phenoxy) is 1. The number of rotatable bonds is 6. The number of piperidine rings is 1. The molecule has 1 aromatic heterocycles. The first-order valence-corrected chi connectivity index (χ1v) is 12.1. The summed E-state index contributed by atoms with van der Waals surface area (Å²) in [4.78, 5) is 13.0. The molecule has 8 nitrogen and oxygen atoms in total. The van der Waals surface area contributed by atoms with E-state index in [1.165, 1.54) is 46.6 Å². The van der Waals surface area contributed by atoms with E-state index in [-0.39, 0.29) is 16.5 Å². The van der Waals surface area contributed by atoms with Gasteiger partial charge in [-0.2, -0.15) is 9.40 Å². The lowest BCUT2D eigenvalue weighted by atomic mass is 10.2. The Morgan fingerprint density at radius 1 is 1.09 bits per heavy atom. The zero-order valence-corrected chi connectivity index (χ0v) is 19.2. The summed E-state index contributed by atoms with van der Waals surface area (Å²) in [6.07, 6.45) is 4.05. The lowest BCUT2D eigenvalue weighted by molar-refractivity contribution is 0.102. The van der Waals surface area contributed by atoms with Crippen LogP contribution in [0.15, 0.2) is 53.6 Å². The maximum absolute atomic E-state index is 13.2. The average molecular weight is 473 g/mol. The van der Waals surface area contributed by atoms with Crippen LogP contribution in [0.4, 0.5) is 10.1 Å². The Morgan fingerprint density at radius 2 is 1.79 bits per heavy atom. The molecule has 0 atom stereocenters. The molecule has 174 valence electrons. The van der Waals surface area contributed by atoms with Crippen molar-refractivity contribution in [1.82, 2.24) is 14.1 Å². The number of aromatic nitrogens is 2. The number of carbonyl (C=O) groups is 1. The van der Waals surface area contributed by atoms with Crippen LogP contribution in [0.5, 0.6) is 5.75 Å². The summed E-state index contributed by atoms with van der Waals surface area (Å²) < 4.78 is 47.9. The van der Waals surface area contributed by atoms with Crippen molar-refractivity contribution in [3.05, 3.63) is 65.7 Å². The van der Waals surface area contributed by atoms with Crippen LogP contribution in [0.2, 0.25) is 0 Å². The van der Waals surface area contributed by atoms with Crippen LogP contribution in [0.25, 0.3) is 5.69 Å². The van der Waals surface area contributed by atoms with E-state index in [0.29, 0.717) is 35.7 Å². The number of amides is 1. The quantitative estimate of drug-likeness (QED) is 0.590. The van der Waals surface area contributed by atoms with Gasteiger partial charge in [0.05, 0.1) is 30.3 Å². The Labute approximate surface area is 192 Å². The topological polar surface area (TPSA) is 93.5 Å². The van der Waals surface area contributed by atoms with Gasteiger partial charge in [-0.25, -0.2) is 17.5 Å². The van der Waals surface area contributed by atoms with Gasteiger partial charge in [-0.3, -0.25) is 4.79 Å². The highest BCUT2D eigenvalue weighted by Gasteiger charge is 2.29. The number of anilines is 1. The van der Waals surface area contributed by atoms with E-state index in [1.54, 1.807) is 25.1 Å². The molecule has 10 heteroatoms. The van der Waals surface area contributed by atoms with Crippen LogP contribution in [0, 0.1) is 12.7 Å². The van der Waals surface area contributed by atoms with Crippen molar-refractivity contribution < 1.29 is 22.3 Å². The minimum Gasteiger partial charge on any atom is -0.495 e. The van der Waals surface area contributed by atoms with Gasteiger partial charge in [0.2, 0.25) is 10.0 Å². The minimum atomic E-state index is -3.76. The van der Waals surface area contributed by atoms with Crippen LogP contribution in [-0.4, -0.2) is 48.6 Å². The zero-order chi connectivity index (χ0) is 23.6. The number of sulfonamides is 1. The molecule has 1 amide bonds. The maximum Gasteiger partial charge on any atom is 0.259 e. The van der Waals surface area contributed by atoms with Crippen molar-refractivity contribution in [2.45, 2.75) is 31.1 Å². The molecule has 1 N–H and O–H groups in total. The number of methoxy groups -OCH3 is 1. The standard InChI is InChI=1S/C23H25FN4O4S/c1-16-20(15-25-28(16)19-9-6-17(24)7-10-19)23(29)26-18-8-11-21(32-2)22(14-18)33(30,31)27-12-4-3-5-13-27/h6-11,14-15H,3-5,12-13H2,1-2H3,(H,26,29). The lowest BCUT2D eigenvalue weighted by Crippen LogP contribution is -2.35. The molecule has 2 heterocycles. The number of carbonyl (C=O) groups excluding carboxylic acids is 1. The van der Waals surface area contributed by atoms with Gasteiger partial charge in [0.1, 0.15) is 16.5 Å². The van der Waals surface area contributed by atoms with Crippen LogP contribution < -0.4 is 10.1 Å². The number of halogens is 1. The first-order valence-electron chi connectivity index (χ1n) is 10.6. The van der Waals surface area contributed by atoms with Gasteiger partial charge in [-0.1, -0.05) is 6.42 Å². The van der Waals surface area contributed by atoms with Crippen molar-refractivity contribution in [3.63, 3.8) is 0 Å². The highest BCUT2D eigenvalue weighted by atomic mass is 32.2. The zero-order valence-electron chi connectivity index (χ0n) is 18.4. The number of hydrogen-bond acceptors (Lipinski definition) is 5. The van der Waals surface area contributed by atoms with Crippen LogP contribution >= 0.6 is 0 Å². The third kappa shape index (κ3) is 4.62. The van der Waals surface area contributed by atoms with Gasteiger partial charge in [-0.05, 0) is 62.2 Å². The first-order chi connectivity index (χ1) is 15.8. The molecule has 0 aliphatic carbocycles. The van der Waals surface area contributed by atoms with Crippen molar-refractivity contribution in [1.29, 1.82) is 0 Å². The van der Waals surface area contributed by atoms with Crippen molar-refractivity contribution in [3.8, 4) is 11.4 Å². The van der Waals surface area contributed by atoms with Gasteiger partial charge in [0.25, 0.3) is 5.91 Å². The van der Waals surface area contributed by atoms with Crippen LogP contribution in [0.3, 0.4) is 0 Å². The summed E-state index contributed by atoms with van der Waals surface area (Å²) in [7, 11) is -2.35. The fourth-order valence-corrected chi connectivity index (χ4v) is 5.57. The third-order valence-corrected chi connectivity index (χ3v) is 7.60. The Morgan fingerprint density at radius 3 is 2.45 bits per heavy atom. The predicted molar refractivity (Wildman–Crippen MR) is 122 cm³/mol. The molecule has 0 spiro atoms. The van der Waals surface area contributed by atoms with E-state index < -0.39 is 15.9 Å². The van der Waals surface area contributed by atoms with E-state index in [2.05, 4.69) is 10.4 Å². The molecule has 1 aliphatic heterocycles. The van der Waals surface area contributed by atoms with Gasteiger partial charge in [-0.15, -0.1) is 0 Å². The predicted octanol–water partition coefficient (Wildman–Crippen LogP) is 3.76. The summed E-state index contributed by atoms with van der Waals surface area (Å²) >= 11 is 0. The van der Waals surface area contributed by atoms with Gasteiger partial charge >= 0.3 is 0 Å². The summed E-state index contributed by atoms with van der Waals surface area (Å²) in [6.45, 7) is 2.65. The van der Waals surface area contributed by atoms with Gasteiger partial charge in [0, 0.05) is 18.8 Å². The molecule has 0 bridgehead atoms. The van der Waals surface area contributed by atoms with E-state index >= 15 is 0 Å². The SMILES string of the molecule is COc1ccc(NC(=O)c2cnn(-c3ccc(F)cc3)c2C)cc1S(=O)(=O)N1CCCCC1. The Balaban J connectivity index is 1.60. The molecule has 0 saturated carbocycles. The fourth-order valence-electron chi connectivity index (χ4n) is 3.87. The highest BCUT2D eigenvalue weighted by Crippen LogP contribution is 2.31. The lowest BCUT2D eigenvalue weighted by Gasteiger charge is -2.26. The van der Waals surface area contributed by atoms with E-state index in [0.717, 1.165) is 19.3 Å². The molecule has 2 aromatic carbocycles. The van der Waals surface area contributed by atoms with Crippen LogP contribution in [-0.2, 0) is 10.0 Å². The number of nitrogens with one attached hydrogen (secondary N) is 1. The second-order valence-electron chi connectivity index (χ2n) is 7.82. The van der Waals surface area contributed by atoms with E-state index in [4.69, 9.17) is 4.74 Å².